The molecule has 0 radical (unpaired) electrons. The van der Waals surface area contributed by atoms with Gasteiger partial charge in [-0.2, -0.15) is 0 Å². The minimum absolute atomic E-state index is 0.0201. The number of carbonyl (C=O) groups is 3. The van der Waals surface area contributed by atoms with Crippen LogP contribution in [0.4, 0.5) is 4.79 Å². The van der Waals surface area contributed by atoms with Crippen molar-refractivity contribution in [3.8, 4) is 0 Å². The van der Waals surface area contributed by atoms with Gasteiger partial charge >= 0.3 is 6.09 Å². The van der Waals surface area contributed by atoms with E-state index in [9.17, 15) is 24.6 Å². The maximum absolute atomic E-state index is 13.2. The second-order valence-corrected chi connectivity index (χ2v) is 10.8. The zero-order valence-corrected chi connectivity index (χ0v) is 22.5. The molecule has 0 saturated carbocycles. The second-order valence-electron chi connectivity index (χ2n) is 10.8. The molecule has 2 aromatic carbocycles. The summed E-state index contributed by atoms with van der Waals surface area (Å²) >= 11 is 0. The van der Waals surface area contributed by atoms with Gasteiger partial charge < -0.3 is 20.8 Å². The van der Waals surface area contributed by atoms with Crippen molar-refractivity contribution >= 4 is 17.9 Å². The fourth-order valence-corrected chi connectivity index (χ4v) is 4.24. The predicted molar refractivity (Wildman–Crippen MR) is 144 cm³/mol. The van der Waals surface area contributed by atoms with Crippen LogP contribution in [0.1, 0.15) is 52.2 Å². The van der Waals surface area contributed by atoms with E-state index < -0.39 is 29.6 Å². The molecule has 4 N–H and O–H groups in total. The van der Waals surface area contributed by atoms with Crippen molar-refractivity contribution in [2.75, 3.05) is 6.54 Å². The number of carbonyl (C=O) groups excluding carboxylic acids is 2. The molecule has 2 aromatic rings. The number of aliphatic hydroxyl groups excluding tert-OH is 1. The maximum Gasteiger partial charge on any atom is 0.407 e. The van der Waals surface area contributed by atoms with Crippen LogP contribution in [-0.4, -0.2) is 57.8 Å². The molecule has 0 spiro atoms. The number of nitrogens with zero attached hydrogens (tertiary/aromatic N) is 1. The molecule has 0 aliphatic rings. The normalized spacial score (nSPS) is 13.9. The van der Waals surface area contributed by atoms with E-state index in [4.69, 9.17) is 0 Å². The molecule has 0 aromatic heterocycles. The Morgan fingerprint density at radius 3 is 1.95 bits per heavy atom. The van der Waals surface area contributed by atoms with Gasteiger partial charge in [0.05, 0.1) is 18.1 Å². The topological polar surface area (TPSA) is 119 Å². The number of amides is 3. The number of hydrogen-bond acceptors (Lipinski definition) is 4. The molecule has 0 heterocycles. The SMILES string of the molecule is CC(C)NC(=O)C[C@@H](C(=O)NC[C@@H](O)[C@H](Cc1ccccc1)N(Cc1ccccc1)C(=O)O)C(C)(C)C. The largest absolute Gasteiger partial charge is 0.465 e. The van der Waals surface area contributed by atoms with E-state index in [0.29, 0.717) is 0 Å². The molecule has 2 rings (SSSR count). The van der Waals surface area contributed by atoms with Gasteiger partial charge in [0.15, 0.2) is 0 Å². The van der Waals surface area contributed by atoms with Gasteiger partial charge in [-0.05, 0) is 36.8 Å². The van der Waals surface area contributed by atoms with Crippen LogP contribution in [0.5, 0.6) is 0 Å². The van der Waals surface area contributed by atoms with Crippen LogP contribution in [0.15, 0.2) is 60.7 Å². The quantitative estimate of drug-likeness (QED) is 0.345. The lowest BCUT2D eigenvalue weighted by atomic mass is 9.78. The van der Waals surface area contributed by atoms with E-state index in [0.717, 1.165) is 11.1 Å². The Hall–Kier alpha value is -3.39. The molecule has 3 atom stereocenters. The van der Waals surface area contributed by atoms with Gasteiger partial charge in [-0.25, -0.2) is 4.79 Å². The van der Waals surface area contributed by atoms with E-state index in [1.807, 2.05) is 95.3 Å². The summed E-state index contributed by atoms with van der Waals surface area (Å²) in [5, 5.41) is 26.9. The lowest BCUT2D eigenvalue weighted by Crippen LogP contribution is -2.52. The zero-order valence-electron chi connectivity index (χ0n) is 22.5. The smallest absolute Gasteiger partial charge is 0.407 e. The van der Waals surface area contributed by atoms with Crippen LogP contribution in [0, 0.1) is 11.3 Å². The van der Waals surface area contributed by atoms with Gasteiger partial charge in [-0.3, -0.25) is 14.5 Å². The van der Waals surface area contributed by atoms with Gasteiger partial charge in [-0.1, -0.05) is 81.4 Å². The van der Waals surface area contributed by atoms with Gasteiger partial charge in [0.1, 0.15) is 0 Å². The molecule has 37 heavy (non-hydrogen) atoms. The Labute approximate surface area is 220 Å². The Bertz CT molecular complexity index is 1010. The van der Waals surface area contributed by atoms with Crippen LogP contribution < -0.4 is 10.6 Å². The highest BCUT2D eigenvalue weighted by molar-refractivity contribution is 5.86. The molecule has 0 bridgehead atoms. The highest BCUT2D eigenvalue weighted by Gasteiger charge is 2.35. The van der Waals surface area contributed by atoms with Crippen LogP contribution >= 0.6 is 0 Å². The predicted octanol–water partition coefficient (Wildman–Crippen LogP) is 3.83. The summed E-state index contributed by atoms with van der Waals surface area (Å²) in [6, 6.07) is 17.7. The second kappa shape index (κ2) is 13.8. The van der Waals surface area contributed by atoms with Gasteiger partial charge in [0.2, 0.25) is 11.8 Å². The van der Waals surface area contributed by atoms with E-state index >= 15 is 0 Å². The average Bonchev–Trinajstić information content (AvgIpc) is 2.83. The third kappa shape index (κ3) is 9.88. The monoisotopic (exact) mass is 511 g/mol. The van der Waals surface area contributed by atoms with E-state index in [1.54, 1.807) is 0 Å². The first-order chi connectivity index (χ1) is 17.4. The molecule has 202 valence electrons. The van der Waals surface area contributed by atoms with E-state index in [-0.39, 0.29) is 43.8 Å². The van der Waals surface area contributed by atoms with Crippen molar-refractivity contribution in [3.63, 3.8) is 0 Å². The van der Waals surface area contributed by atoms with Crippen molar-refractivity contribution in [1.29, 1.82) is 0 Å². The van der Waals surface area contributed by atoms with Crippen molar-refractivity contribution in [1.82, 2.24) is 15.5 Å². The van der Waals surface area contributed by atoms with Gasteiger partial charge in [0, 0.05) is 25.6 Å². The van der Waals surface area contributed by atoms with Crippen molar-refractivity contribution in [3.05, 3.63) is 71.8 Å². The summed E-state index contributed by atoms with van der Waals surface area (Å²) < 4.78 is 0. The minimum atomic E-state index is -1.17. The highest BCUT2D eigenvalue weighted by Crippen LogP contribution is 2.29. The van der Waals surface area contributed by atoms with Crippen molar-refractivity contribution in [2.24, 2.45) is 11.3 Å². The number of hydrogen-bond donors (Lipinski definition) is 4. The summed E-state index contributed by atoms with van der Waals surface area (Å²) in [5.74, 6) is -1.19. The number of nitrogens with one attached hydrogen (secondary N) is 2. The Morgan fingerprint density at radius 2 is 1.46 bits per heavy atom. The first kappa shape index (κ1) is 29.8. The van der Waals surface area contributed by atoms with E-state index in [1.165, 1.54) is 4.90 Å². The fraction of sp³-hybridized carbons (Fsp3) is 0.483. The fourth-order valence-electron chi connectivity index (χ4n) is 4.24. The van der Waals surface area contributed by atoms with Gasteiger partial charge in [-0.15, -0.1) is 0 Å². The molecule has 0 unspecified atom stereocenters. The summed E-state index contributed by atoms with van der Waals surface area (Å²) in [6.07, 6.45) is -2.04. The summed E-state index contributed by atoms with van der Waals surface area (Å²) in [6.45, 7) is 9.33. The molecule has 0 aliphatic carbocycles. The van der Waals surface area contributed by atoms with Crippen LogP contribution in [0.25, 0.3) is 0 Å². The minimum Gasteiger partial charge on any atom is -0.465 e. The zero-order chi connectivity index (χ0) is 27.6. The summed E-state index contributed by atoms with van der Waals surface area (Å²) in [7, 11) is 0. The molecule has 3 amide bonds. The number of rotatable bonds is 12. The summed E-state index contributed by atoms with van der Waals surface area (Å²) in [4.78, 5) is 39.1. The lowest BCUT2D eigenvalue weighted by Gasteiger charge is -2.34. The van der Waals surface area contributed by atoms with Crippen LogP contribution in [-0.2, 0) is 22.6 Å². The molecule has 8 heteroatoms. The molecular weight excluding hydrogens is 470 g/mol. The Morgan fingerprint density at radius 1 is 0.919 bits per heavy atom. The standard InChI is InChI=1S/C29H41N3O5/c1-20(2)31-26(34)17-23(29(3,4)5)27(35)30-18-25(33)24(16-21-12-8-6-9-13-21)32(28(36)37)19-22-14-10-7-11-15-22/h6-15,20,23-25,33H,16-19H2,1-5H3,(H,30,35)(H,31,34)(H,36,37)/t23-,24-,25+/m0/s1. The van der Waals surface area contributed by atoms with Crippen molar-refractivity contribution in [2.45, 2.75) is 72.2 Å². The number of benzene rings is 2. The first-order valence-electron chi connectivity index (χ1n) is 12.7. The van der Waals surface area contributed by atoms with Crippen LogP contribution in [0.2, 0.25) is 0 Å². The molecule has 0 aliphatic heterocycles. The maximum atomic E-state index is 13.2. The lowest BCUT2D eigenvalue weighted by molar-refractivity contribution is -0.134. The number of aliphatic hydroxyl groups is 1. The Balaban J connectivity index is 2.22. The first-order valence-corrected chi connectivity index (χ1v) is 12.7. The van der Waals surface area contributed by atoms with Crippen LogP contribution in [0.3, 0.4) is 0 Å². The third-order valence-electron chi connectivity index (χ3n) is 6.26. The summed E-state index contributed by atoms with van der Waals surface area (Å²) in [5.41, 5.74) is 1.17. The molecule has 0 fully saturated rings. The van der Waals surface area contributed by atoms with Crippen molar-refractivity contribution < 1.29 is 24.6 Å². The van der Waals surface area contributed by atoms with Gasteiger partial charge in [0.25, 0.3) is 0 Å². The third-order valence-corrected chi connectivity index (χ3v) is 6.26. The molecule has 0 saturated heterocycles. The number of carboxylic acid groups (broad SMARTS) is 1. The Kier molecular flexibility index (Phi) is 11.1. The average molecular weight is 512 g/mol. The highest BCUT2D eigenvalue weighted by atomic mass is 16.4. The molecule has 8 nitrogen and oxygen atoms in total. The van der Waals surface area contributed by atoms with E-state index in [2.05, 4.69) is 10.6 Å². The molecular formula is C29H41N3O5.